The summed E-state index contributed by atoms with van der Waals surface area (Å²) in [7, 11) is 0. The molecule has 1 rings (SSSR count). The van der Waals surface area contributed by atoms with Gasteiger partial charge < -0.3 is 0 Å². The predicted molar refractivity (Wildman–Crippen MR) is 64.1 cm³/mol. The monoisotopic (exact) mass is 198 g/mol. The molecule has 0 heterocycles. The van der Waals surface area contributed by atoms with Crippen LogP contribution in [0, 0.1) is 0 Å². The van der Waals surface area contributed by atoms with E-state index in [0.29, 0.717) is 0 Å². The molecule has 0 bridgehead atoms. The van der Waals surface area contributed by atoms with Crippen LogP contribution >= 0.6 is 0 Å². The second kappa shape index (κ2) is 5.70. The van der Waals surface area contributed by atoms with Gasteiger partial charge >= 0.3 is 0 Å². The SMILES string of the molecule is C=C/C=C(/N=Nc1ccccc1)C(=C)C. The predicted octanol–water partition coefficient (Wildman–Crippen LogP) is 4.42. The lowest BCUT2D eigenvalue weighted by molar-refractivity contribution is 1.13. The van der Waals surface area contributed by atoms with Crippen LogP contribution in [-0.4, -0.2) is 0 Å². The van der Waals surface area contributed by atoms with Crippen molar-refractivity contribution in [2.75, 3.05) is 0 Å². The molecule has 76 valence electrons. The van der Waals surface area contributed by atoms with E-state index in [1.807, 2.05) is 37.3 Å². The van der Waals surface area contributed by atoms with Crippen LogP contribution < -0.4 is 0 Å². The van der Waals surface area contributed by atoms with Gasteiger partial charge in [-0.2, -0.15) is 10.2 Å². The van der Waals surface area contributed by atoms with Crippen molar-refractivity contribution in [2.24, 2.45) is 10.2 Å². The Labute approximate surface area is 90.4 Å². The molecule has 0 unspecified atom stereocenters. The molecule has 0 radical (unpaired) electrons. The highest BCUT2D eigenvalue weighted by molar-refractivity contribution is 5.36. The lowest BCUT2D eigenvalue weighted by atomic mass is 10.2. The van der Waals surface area contributed by atoms with Crippen molar-refractivity contribution in [1.82, 2.24) is 0 Å². The lowest BCUT2D eigenvalue weighted by Gasteiger charge is -1.96. The normalized spacial score (nSPS) is 11.7. The number of rotatable bonds is 4. The van der Waals surface area contributed by atoms with Crippen molar-refractivity contribution in [3.63, 3.8) is 0 Å². The second-order valence-electron chi connectivity index (χ2n) is 3.10. The third kappa shape index (κ3) is 3.73. The molecule has 2 nitrogen and oxygen atoms in total. The second-order valence-corrected chi connectivity index (χ2v) is 3.10. The summed E-state index contributed by atoms with van der Waals surface area (Å²) in [5.74, 6) is 0. The van der Waals surface area contributed by atoms with Crippen LogP contribution in [0.1, 0.15) is 6.92 Å². The van der Waals surface area contributed by atoms with Gasteiger partial charge in [-0.1, -0.05) is 37.4 Å². The molecule has 0 aliphatic rings. The average molecular weight is 198 g/mol. The van der Waals surface area contributed by atoms with Crippen LogP contribution in [0.2, 0.25) is 0 Å². The van der Waals surface area contributed by atoms with Gasteiger partial charge in [0, 0.05) is 0 Å². The molecule has 1 aromatic carbocycles. The fourth-order valence-corrected chi connectivity index (χ4v) is 0.979. The molecule has 0 N–H and O–H groups in total. The van der Waals surface area contributed by atoms with Gasteiger partial charge in [0.25, 0.3) is 0 Å². The summed E-state index contributed by atoms with van der Waals surface area (Å²) in [4.78, 5) is 0. The van der Waals surface area contributed by atoms with E-state index < -0.39 is 0 Å². The Morgan fingerprint density at radius 1 is 1.27 bits per heavy atom. The maximum absolute atomic E-state index is 4.10. The van der Waals surface area contributed by atoms with Crippen LogP contribution in [0.15, 0.2) is 77.1 Å². The van der Waals surface area contributed by atoms with E-state index in [-0.39, 0.29) is 0 Å². The minimum atomic E-state index is 0.744. The topological polar surface area (TPSA) is 24.7 Å². The highest BCUT2D eigenvalue weighted by Gasteiger charge is 1.93. The maximum Gasteiger partial charge on any atom is 0.0880 e. The van der Waals surface area contributed by atoms with E-state index in [1.54, 1.807) is 12.2 Å². The van der Waals surface area contributed by atoms with E-state index in [1.165, 1.54) is 0 Å². The molecule has 0 aromatic heterocycles. The van der Waals surface area contributed by atoms with Crippen LogP contribution in [0.25, 0.3) is 0 Å². The van der Waals surface area contributed by atoms with Crippen molar-refractivity contribution in [3.8, 4) is 0 Å². The van der Waals surface area contributed by atoms with Gasteiger partial charge in [0.05, 0.1) is 11.4 Å². The van der Waals surface area contributed by atoms with Gasteiger partial charge in [-0.15, -0.1) is 0 Å². The molecular formula is C13H14N2. The molecule has 1 aromatic rings. The average Bonchev–Trinajstić information content (AvgIpc) is 2.25. The van der Waals surface area contributed by atoms with Crippen LogP contribution in [0.4, 0.5) is 5.69 Å². The summed E-state index contributed by atoms with van der Waals surface area (Å²) in [6, 6.07) is 9.58. The van der Waals surface area contributed by atoms with Crippen molar-refractivity contribution in [3.05, 3.63) is 66.9 Å². The first kappa shape index (κ1) is 11.1. The Hall–Kier alpha value is -1.96. The van der Waals surface area contributed by atoms with Gasteiger partial charge in [0.1, 0.15) is 0 Å². The number of nitrogens with zero attached hydrogens (tertiary/aromatic N) is 2. The zero-order valence-electron chi connectivity index (χ0n) is 8.85. The van der Waals surface area contributed by atoms with E-state index >= 15 is 0 Å². The standard InChI is InChI=1S/C13H14N2/c1-4-8-13(11(2)3)15-14-12-9-6-5-7-10-12/h4-10H,1-2H2,3H3/b13-8+,15-14?. The summed E-state index contributed by atoms with van der Waals surface area (Å²) in [6.07, 6.45) is 3.46. The first-order chi connectivity index (χ1) is 7.24. The van der Waals surface area contributed by atoms with Crippen LogP contribution in [-0.2, 0) is 0 Å². The van der Waals surface area contributed by atoms with E-state index in [4.69, 9.17) is 0 Å². The maximum atomic E-state index is 4.10. The smallest absolute Gasteiger partial charge is 0.0880 e. The molecule has 0 fully saturated rings. The van der Waals surface area contributed by atoms with Crippen molar-refractivity contribution >= 4 is 5.69 Å². The van der Waals surface area contributed by atoms with E-state index in [9.17, 15) is 0 Å². The summed E-state index contributed by atoms with van der Waals surface area (Å²) in [5, 5.41) is 8.19. The van der Waals surface area contributed by atoms with Gasteiger partial charge in [-0.25, -0.2) is 0 Å². The third-order valence-electron chi connectivity index (χ3n) is 1.74. The van der Waals surface area contributed by atoms with Gasteiger partial charge in [0.15, 0.2) is 0 Å². The number of azo groups is 1. The Morgan fingerprint density at radius 2 is 1.93 bits per heavy atom. The highest BCUT2D eigenvalue weighted by Crippen LogP contribution is 2.15. The molecule has 0 atom stereocenters. The Kier molecular flexibility index (Phi) is 4.23. The molecule has 15 heavy (non-hydrogen) atoms. The van der Waals surface area contributed by atoms with Crippen LogP contribution in [0.3, 0.4) is 0 Å². The van der Waals surface area contributed by atoms with Gasteiger partial charge in [-0.05, 0) is 30.7 Å². The largest absolute Gasteiger partial charge is 0.151 e. The Morgan fingerprint density at radius 3 is 2.47 bits per heavy atom. The van der Waals surface area contributed by atoms with Gasteiger partial charge in [-0.3, -0.25) is 0 Å². The van der Waals surface area contributed by atoms with Gasteiger partial charge in [0.2, 0.25) is 0 Å². The molecule has 0 aliphatic heterocycles. The van der Waals surface area contributed by atoms with Crippen molar-refractivity contribution in [1.29, 1.82) is 0 Å². The zero-order valence-corrected chi connectivity index (χ0v) is 8.85. The number of hydrogen-bond acceptors (Lipinski definition) is 2. The third-order valence-corrected chi connectivity index (χ3v) is 1.74. The molecule has 0 spiro atoms. The highest BCUT2D eigenvalue weighted by atomic mass is 15.1. The van der Waals surface area contributed by atoms with Crippen LogP contribution in [0.5, 0.6) is 0 Å². The number of allylic oxidation sites excluding steroid dienone is 3. The van der Waals surface area contributed by atoms with E-state index in [2.05, 4.69) is 23.4 Å². The molecule has 0 saturated carbocycles. The molecule has 2 heteroatoms. The quantitative estimate of drug-likeness (QED) is 0.505. The Bertz CT molecular complexity index is 400. The number of hydrogen-bond donors (Lipinski definition) is 0. The first-order valence-corrected chi connectivity index (χ1v) is 4.69. The lowest BCUT2D eigenvalue weighted by Crippen LogP contribution is -1.76. The number of benzene rings is 1. The Balaban J connectivity index is 2.84. The summed E-state index contributed by atoms with van der Waals surface area (Å²) >= 11 is 0. The molecule has 0 amide bonds. The fourth-order valence-electron chi connectivity index (χ4n) is 0.979. The molecule has 0 aliphatic carbocycles. The summed E-state index contributed by atoms with van der Waals surface area (Å²) in [6.45, 7) is 9.32. The van der Waals surface area contributed by atoms with E-state index in [0.717, 1.165) is 17.0 Å². The minimum absolute atomic E-state index is 0.744. The summed E-state index contributed by atoms with van der Waals surface area (Å²) < 4.78 is 0. The van der Waals surface area contributed by atoms with Crippen molar-refractivity contribution in [2.45, 2.75) is 6.92 Å². The molecule has 0 saturated heterocycles. The fraction of sp³-hybridized carbons (Fsp3) is 0.0769. The molecular weight excluding hydrogens is 184 g/mol. The van der Waals surface area contributed by atoms with Crippen molar-refractivity contribution < 1.29 is 0 Å². The summed E-state index contributed by atoms with van der Waals surface area (Å²) in [5.41, 5.74) is 2.44. The first-order valence-electron chi connectivity index (χ1n) is 4.69. The minimum Gasteiger partial charge on any atom is -0.151 e. The zero-order chi connectivity index (χ0) is 11.1.